The van der Waals surface area contributed by atoms with Gasteiger partial charge in [0.15, 0.2) is 0 Å². The van der Waals surface area contributed by atoms with Crippen LogP contribution in [0.25, 0.3) is 0 Å². The molecule has 1 aliphatic heterocycles. The van der Waals surface area contributed by atoms with Crippen molar-refractivity contribution in [2.45, 2.75) is 26.2 Å². The summed E-state index contributed by atoms with van der Waals surface area (Å²) in [5.74, 6) is -0.781. The Morgan fingerprint density at radius 1 is 1.48 bits per heavy atom. The van der Waals surface area contributed by atoms with Gasteiger partial charge in [0.05, 0.1) is 0 Å². The monoisotopic (exact) mass is 310 g/mol. The highest BCUT2D eigenvalue weighted by molar-refractivity contribution is 6.31. The quantitative estimate of drug-likeness (QED) is 0.899. The van der Waals surface area contributed by atoms with Gasteiger partial charge in [-0.25, -0.2) is 4.79 Å². The second-order valence-electron chi connectivity index (χ2n) is 5.45. The van der Waals surface area contributed by atoms with Crippen molar-refractivity contribution in [3.63, 3.8) is 0 Å². The Kier molecular flexibility index (Phi) is 5.07. The third kappa shape index (κ3) is 4.36. The summed E-state index contributed by atoms with van der Waals surface area (Å²) in [6.07, 6.45) is 1.80. The van der Waals surface area contributed by atoms with Crippen LogP contribution in [0.1, 0.15) is 24.8 Å². The zero-order chi connectivity index (χ0) is 15.4. The summed E-state index contributed by atoms with van der Waals surface area (Å²) in [5, 5.41) is 12.3. The summed E-state index contributed by atoms with van der Waals surface area (Å²) in [6.45, 7) is 3.04. The number of nitrogens with one attached hydrogen (secondary N) is 1. The minimum atomic E-state index is -0.812. The van der Waals surface area contributed by atoms with Gasteiger partial charge in [-0.3, -0.25) is 4.79 Å². The summed E-state index contributed by atoms with van der Waals surface area (Å²) < 4.78 is 0. The fourth-order valence-corrected chi connectivity index (χ4v) is 2.72. The van der Waals surface area contributed by atoms with E-state index in [0.29, 0.717) is 23.8 Å². The molecule has 0 saturated carbocycles. The van der Waals surface area contributed by atoms with Crippen LogP contribution in [0.15, 0.2) is 18.2 Å². The number of aliphatic carboxylic acids is 1. The third-order valence-electron chi connectivity index (χ3n) is 3.69. The van der Waals surface area contributed by atoms with Crippen LogP contribution < -0.4 is 5.32 Å². The maximum atomic E-state index is 12.2. The Morgan fingerprint density at radius 2 is 2.24 bits per heavy atom. The second-order valence-corrected chi connectivity index (χ2v) is 5.85. The third-order valence-corrected chi connectivity index (χ3v) is 4.10. The number of hydrogen-bond donors (Lipinski definition) is 2. The molecule has 1 aliphatic rings. The lowest BCUT2D eigenvalue weighted by atomic mass is 9.95. The Hall–Kier alpha value is -1.75. The average molecular weight is 311 g/mol. The molecule has 1 heterocycles. The topological polar surface area (TPSA) is 69.6 Å². The molecule has 1 atom stereocenters. The number of hydrogen-bond acceptors (Lipinski definition) is 2. The van der Waals surface area contributed by atoms with Gasteiger partial charge >= 0.3 is 12.0 Å². The Morgan fingerprint density at radius 3 is 2.90 bits per heavy atom. The first-order valence-corrected chi connectivity index (χ1v) is 7.37. The molecule has 0 radical (unpaired) electrons. The van der Waals surface area contributed by atoms with Crippen molar-refractivity contribution in [3.05, 3.63) is 28.8 Å². The first-order chi connectivity index (χ1) is 9.95. The minimum Gasteiger partial charge on any atom is -0.481 e. The van der Waals surface area contributed by atoms with E-state index in [4.69, 9.17) is 16.7 Å². The fourth-order valence-electron chi connectivity index (χ4n) is 2.54. The molecule has 1 saturated heterocycles. The molecule has 5 nitrogen and oxygen atoms in total. The van der Waals surface area contributed by atoms with Crippen LogP contribution in [0.2, 0.25) is 5.02 Å². The molecule has 21 heavy (non-hydrogen) atoms. The van der Waals surface area contributed by atoms with Gasteiger partial charge in [-0.05, 0) is 43.4 Å². The summed E-state index contributed by atoms with van der Waals surface area (Å²) in [6, 6.07) is 5.16. The zero-order valence-electron chi connectivity index (χ0n) is 11.9. The number of halogens is 1. The van der Waals surface area contributed by atoms with Gasteiger partial charge in [-0.15, -0.1) is 0 Å². The number of carboxylic acids is 1. The van der Waals surface area contributed by atoms with Crippen LogP contribution in [-0.4, -0.2) is 35.1 Å². The predicted molar refractivity (Wildman–Crippen MR) is 81.8 cm³/mol. The van der Waals surface area contributed by atoms with E-state index in [1.54, 1.807) is 17.0 Å². The molecule has 0 spiro atoms. The molecule has 114 valence electrons. The Labute approximate surface area is 128 Å². The second kappa shape index (κ2) is 6.80. The number of anilines is 1. The molecule has 1 fully saturated rings. The number of urea groups is 1. The van der Waals surface area contributed by atoms with E-state index in [9.17, 15) is 9.59 Å². The van der Waals surface area contributed by atoms with Crippen molar-refractivity contribution < 1.29 is 14.7 Å². The molecule has 1 aromatic rings. The van der Waals surface area contributed by atoms with E-state index in [0.717, 1.165) is 18.4 Å². The lowest BCUT2D eigenvalue weighted by Gasteiger charge is -2.32. The van der Waals surface area contributed by atoms with Crippen LogP contribution in [0.3, 0.4) is 0 Å². The van der Waals surface area contributed by atoms with E-state index >= 15 is 0 Å². The van der Waals surface area contributed by atoms with E-state index in [2.05, 4.69) is 5.32 Å². The van der Waals surface area contributed by atoms with Crippen molar-refractivity contribution in [1.82, 2.24) is 4.90 Å². The van der Waals surface area contributed by atoms with Crippen LogP contribution in [-0.2, 0) is 4.79 Å². The summed E-state index contributed by atoms with van der Waals surface area (Å²) in [5.41, 5.74) is 1.60. The number of carbonyl (C=O) groups is 2. The predicted octanol–water partition coefficient (Wildman–Crippen LogP) is 3.37. The SMILES string of the molecule is Cc1ccc(NC(=O)N2CCCC(CC(=O)O)C2)cc1Cl. The van der Waals surface area contributed by atoms with Gasteiger partial charge in [-0.2, -0.15) is 0 Å². The molecule has 1 unspecified atom stereocenters. The molecule has 0 bridgehead atoms. The maximum absolute atomic E-state index is 12.2. The fraction of sp³-hybridized carbons (Fsp3) is 0.467. The standard InChI is InChI=1S/C15H19ClN2O3/c1-10-4-5-12(8-13(10)16)17-15(21)18-6-2-3-11(9-18)7-14(19)20/h4-5,8,11H,2-3,6-7,9H2,1H3,(H,17,21)(H,19,20). The largest absolute Gasteiger partial charge is 0.481 e. The summed E-state index contributed by atoms with van der Waals surface area (Å²) in [4.78, 5) is 24.7. The first-order valence-electron chi connectivity index (χ1n) is 6.99. The van der Waals surface area contributed by atoms with E-state index in [1.807, 2.05) is 13.0 Å². The summed E-state index contributed by atoms with van der Waals surface area (Å²) >= 11 is 6.03. The van der Waals surface area contributed by atoms with Crippen molar-refractivity contribution >= 4 is 29.3 Å². The lowest BCUT2D eigenvalue weighted by molar-refractivity contribution is -0.138. The number of piperidine rings is 1. The van der Waals surface area contributed by atoms with Gasteiger partial charge in [0.2, 0.25) is 0 Å². The molecule has 2 rings (SSSR count). The normalized spacial score (nSPS) is 18.4. The number of aryl methyl sites for hydroxylation is 1. The molecule has 0 aliphatic carbocycles. The van der Waals surface area contributed by atoms with Crippen LogP contribution in [0.5, 0.6) is 0 Å². The number of carbonyl (C=O) groups excluding carboxylic acids is 1. The molecular weight excluding hydrogens is 292 g/mol. The van der Waals surface area contributed by atoms with Gasteiger partial charge in [-0.1, -0.05) is 17.7 Å². The van der Waals surface area contributed by atoms with Crippen molar-refractivity contribution in [2.75, 3.05) is 18.4 Å². The number of amides is 2. The van der Waals surface area contributed by atoms with Crippen molar-refractivity contribution in [3.8, 4) is 0 Å². The van der Waals surface area contributed by atoms with Gasteiger partial charge in [0.25, 0.3) is 0 Å². The zero-order valence-corrected chi connectivity index (χ0v) is 12.7. The van der Waals surface area contributed by atoms with Gasteiger partial charge < -0.3 is 15.3 Å². The Balaban J connectivity index is 1.96. The van der Waals surface area contributed by atoms with Crippen molar-refractivity contribution in [2.24, 2.45) is 5.92 Å². The summed E-state index contributed by atoms with van der Waals surface area (Å²) in [7, 11) is 0. The molecule has 0 aromatic heterocycles. The smallest absolute Gasteiger partial charge is 0.321 e. The van der Waals surface area contributed by atoms with Crippen LogP contribution in [0, 0.1) is 12.8 Å². The lowest BCUT2D eigenvalue weighted by Crippen LogP contribution is -2.42. The Bertz CT molecular complexity index is 548. The molecule has 1 aromatic carbocycles. The van der Waals surface area contributed by atoms with Crippen LogP contribution in [0.4, 0.5) is 10.5 Å². The van der Waals surface area contributed by atoms with E-state index in [-0.39, 0.29) is 18.4 Å². The maximum Gasteiger partial charge on any atom is 0.321 e. The number of benzene rings is 1. The van der Waals surface area contributed by atoms with E-state index in [1.165, 1.54) is 0 Å². The molecule has 2 N–H and O–H groups in total. The van der Waals surface area contributed by atoms with Gasteiger partial charge in [0, 0.05) is 30.2 Å². The highest BCUT2D eigenvalue weighted by atomic mass is 35.5. The highest BCUT2D eigenvalue weighted by Crippen LogP contribution is 2.22. The number of rotatable bonds is 3. The molecule has 2 amide bonds. The van der Waals surface area contributed by atoms with Gasteiger partial charge in [0.1, 0.15) is 0 Å². The number of likely N-dealkylation sites (tertiary alicyclic amines) is 1. The highest BCUT2D eigenvalue weighted by Gasteiger charge is 2.25. The van der Waals surface area contributed by atoms with Crippen LogP contribution >= 0.6 is 11.6 Å². The molecular formula is C15H19ClN2O3. The van der Waals surface area contributed by atoms with Crippen molar-refractivity contribution in [1.29, 1.82) is 0 Å². The number of carboxylic acid groups (broad SMARTS) is 1. The van der Waals surface area contributed by atoms with E-state index < -0.39 is 5.97 Å². The molecule has 6 heteroatoms. The first kappa shape index (κ1) is 15.6. The number of nitrogens with zero attached hydrogens (tertiary/aromatic N) is 1. The average Bonchev–Trinajstić information content (AvgIpc) is 2.42. The minimum absolute atomic E-state index is 0.0311.